The average Bonchev–Trinajstić information content (AvgIpc) is 2.51. The Morgan fingerprint density at radius 3 is 2.86 bits per heavy atom. The van der Waals surface area contributed by atoms with Crippen LogP contribution in [-0.4, -0.2) is 30.2 Å². The molecule has 4 heteroatoms. The molecule has 1 aliphatic rings. The highest BCUT2D eigenvalue weighted by Gasteiger charge is 2.22. The Morgan fingerprint density at radius 1 is 1.64 bits per heavy atom. The highest BCUT2D eigenvalue weighted by Crippen LogP contribution is 2.24. The van der Waals surface area contributed by atoms with Crippen molar-refractivity contribution >= 4 is 5.91 Å². The SMILES string of the molecule is CC(CNCC1CCC(O)C1)C(N)=O. The van der Waals surface area contributed by atoms with Gasteiger partial charge < -0.3 is 16.2 Å². The summed E-state index contributed by atoms with van der Waals surface area (Å²) in [4.78, 5) is 10.7. The molecule has 14 heavy (non-hydrogen) atoms. The molecular weight excluding hydrogens is 180 g/mol. The molecule has 1 saturated carbocycles. The molecule has 0 aliphatic heterocycles. The Bertz CT molecular complexity index is 197. The fourth-order valence-corrected chi connectivity index (χ4v) is 1.84. The number of carbonyl (C=O) groups is 1. The summed E-state index contributed by atoms with van der Waals surface area (Å²) in [6.45, 7) is 3.34. The summed E-state index contributed by atoms with van der Waals surface area (Å²) in [5.74, 6) is 0.190. The van der Waals surface area contributed by atoms with Crippen LogP contribution in [0.15, 0.2) is 0 Å². The summed E-state index contributed by atoms with van der Waals surface area (Å²) >= 11 is 0. The Labute approximate surface area is 84.9 Å². The molecule has 82 valence electrons. The molecule has 4 N–H and O–H groups in total. The van der Waals surface area contributed by atoms with E-state index in [0.717, 1.165) is 25.8 Å². The number of hydrogen-bond acceptors (Lipinski definition) is 3. The first-order valence-corrected chi connectivity index (χ1v) is 5.27. The van der Waals surface area contributed by atoms with Gasteiger partial charge in [-0.2, -0.15) is 0 Å². The van der Waals surface area contributed by atoms with Crippen molar-refractivity contribution in [3.8, 4) is 0 Å². The molecule has 1 amide bonds. The van der Waals surface area contributed by atoms with E-state index in [2.05, 4.69) is 5.32 Å². The third-order valence-electron chi connectivity index (χ3n) is 2.88. The zero-order chi connectivity index (χ0) is 10.6. The summed E-state index contributed by atoms with van der Waals surface area (Å²) in [6.07, 6.45) is 2.77. The predicted octanol–water partition coefficient (Wildman–Crippen LogP) is -0.142. The second kappa shape index (κ2) is 5.32. The molecule has 0 aromatic heterocycles. The van der Waals surface area contributed by atoms with Crippen LogP contribution in [-0.2, 0) is 4.79 Å². The van der Waals surface area contributed by atoms with Crippen LogP contribution in [0, 0.1) is 11.8 Å². The van der Waals surface area contributed by atoms with Crippen LogP contribution in [0.1, 0.15) is 26.2 Å². The van der Waals surface area contributed by atoms with Crippen LogP contribution in [0.3, 0.4) is 0 Å². The lowest BCUT2D eigenvalue weighted by Crippen LogP contribution is -2.33. The molecule has 1 fully saturated rings. The van der Waals surface area contributed by atoms with Crippen molar-refractivity contribution in [3.63, 3.8) is 0 Å². The molecule has 3 unspecified atom stereocenters. The molecule has 0 spiro atoms. The van der Waals surface area contributed by atoms with E-state index in [-0.39, 0.29) is 17.9 Å². The highest BCUT2D eigenvalue weighted by molar-refractivity contribution is 5.76. The van der Waals surface area contributed by atoms with Gasteiger partial charge in [-0.15, -0.1) is 0 Å². The van der Waals surface area contributed by atoms with Crippen molar-refractivity contribution in [1.82, 2.24) is 5.32 Å². The Balaban J connectivity index is 2.07. The van der Waals surface area contributed by atoms with Crippen LogP contribution in [0.5, 0.6) is 0 Å². The lowest BCUT2D eigenvalue weighted by atomic mass is 10.1. The normalized spacial score (nSPS) is 29.0. The van der Waals surface area contributed by atoms with Crippen LogP contribution in [0.25, 0.3) is 0 Å². The highest BCUT2D eigenvalue weighted by atomic mass is 16.3. The fraction of sp³-hybridized carbons (Fsp3) is 0.900. The standard InChI is InChI=1S/C10H20N2O2/c1-7(10(11)14)5-12-6-8-2-3-9(13)4-8/h7-9,12-13H,2-6H2,1H3,(H2,11,14). The van der Waals surface area contributed by atoms with Crippen molar-refractivity contribution in [2.75, 3.05) is 13.1 Å². The van der Waals surface area contributed by atoms with E-state index >= 15 is 0 Å². The Kier molecular flexibility index (Phi) is 4.35. The second-order valence-corrected chi connectivity index (χ2v) is 4.29. The number of carbonyl (C=O) groups excluding carboxylic acids is 1. The first-order chi connectivity index (χ1) is 6.59. The van der Waals surface area contributed by atoms with Crippen molar-refractivity contribution in [1.29, 1.82) is 0 Å². The van der Waals surface area contributed by atoms with E-state index in [9.17, 15) is 9.90 Å². The number of amides is 1. The number of nitrogens with one attached hydrogen (secondary N) is 1. The summed E-state index contributed by atoms with van der Waals surface area (Å²) in [5, 5.41) is 12.5. The quantitative estimate of drug-likeness (QED) is 0.578. The monoisotopic (exact) mass is 200 g/mol. The minimum absolute atomic E-state index is 0.110. The maximum atomic E-state index is 10.7. The van der Waals surface area contributed by atoms with Gasteiger partial charge in [0.2, 0.25) is 5.91 Å². The first kappa shape index (κ1) is 11.5. The van der Waals surface area contributed by atoms with Gasteiger partial charge in [0, 0.05) is 12.5 Å². The number of aliphatic hydroxyl groups excluding tert-OH is 1. The van der Waals surface area contributed by atoms with Gasteiger partial charge >= 0.3 is 0 Å². The average molecular weight is 200 g/mol. The zero-order valence-electron chi connectivity index (χ0n) is 8.70. The van der Waals surface area contributed by atoms with E-state index in [4.69, 9.17) is 5.73 Å². The van der Waals surface area contributed by atoms with E-state index in [1.807, 2.05) is 6.92 Å². The number of nitrogens with two attached hydrogens (primary N) is 1. The molecular formula is C10H20N2O2. The number of aliphatic hydroxyl groups is 1. The molecule has 1 rings (SSSR count). The smallest absolute Gasteiger partial charge is 0.221 e. The summed E-state index contributed by atoms with van der Waals surface area (Å²) in [5.41, 5.74) is 5.13. The lowest BCUT2D eigenvalue weighted by Gasteiger charge is -2.12. The molecule has 0 bridgehead atoms. The molecule has 0 aromatic carbocycles. The number of rotatable bonds is 5. The zero-order valence-corrected chi connectivity index (χ0v) is 8.70. The van der Waals surface area contributed by atoms with Crippen LogP contribution in [0.2, 0.25) is 0 Å². The van der Waals surface area contributed by atoms with Gasteiger partial charge in [0.05, 0.1) is 6.10 Å². The summed E-state index contributed by atoms with van der Waals surface area (Å²) < 4.78 is 0. The van der Waals surface area contributed by atoms with Gasteiger partial charge in [-0.25, -0.2) is 0 Å². The minimum atomic E-state index is -0.260. The third-order valence-corrected chi connectivity index (χ3v) is 2.88. The molecule has 0 aromatic rings. The van der Waals surface area contributed by atoms with E-state index in [0.29, 0.717) is 12.5 Å². The first-order valence-electron chi connectivity index (χ1n) is 5.27. The molecule has 4 nitrogen and oxygen atoms in total. The van der Waals surface area contributed by atoms with Crippen LogP contribution in [0.4, 0.5) is 0 Å². The van der Waals surface area contributed by atoms with Gasteiger partial charge in [-0.1, -0.05) is 6.92 Å². The molecule has 0 heterocycles. The van der Waals surface area contributed by atoms with Crippen LogP contribution >= 0.6 is 0 Å². The largest absolute Gasteiger partial charge is 0.393 e. The van der Waals surface area contributed by atoms with Crippen molar-refractivity contribution < 1.29 is 9.90 Å². The molecule has 3 atom stereocenters. The molecule has 0 saturated heterocycles. The lowest BCUT2D eigenvalue weighted by molar-refractivity contribution is -0.121. The van der Waals surface area contributed by atoms with Gasteiger partial charge in [0.15, 0.2) is 0 Å². The summed E-state index contributed by atoms with van der Waals surface area (Å²) in [7, 11) is 0. The minimum Gasteiger partial charge on any atom is -0.393 e. The maximum absolute atomic E-state index is 10.7. The van der Waals surface area contributed by atoms with Gasteiger partial charge in [0.25, 0.3) is 0 Å². The van der Waals surface area contributed by atoms with Crippen molar-refractivity contribution in [3.05, 3.63) is 0 Å². The second-order valence-electron chi connectivity index (χ2n) is 4.29. The summed E-state index contributed by atoms with van der Waals surface area (Å²) in [6, 6.07) is 0. The van der Waals surface area contributed by atoms with Crippen LogP contribution < -0.4 is 11.1 Å². The van der Waals surface area contributed by atoms with E-state index < -0.39 is 0 Å². The maximum Gasteiger partial charge on any atom is 0.221 e. The number of primary amides is 1. The van der Waals surface area contributed by atoms with E-state index in [1.54, 1.807) is 0 Å². The molecule has 1 aliphatic carbocycles. The Hall–Kier alpha value is -0.610. The topological polar surface area (TPSA) is 75.3 Å². The third kappa shape index (κ3) is 3.64. The molecule has 0 radical (unpaired) electrons. The van der Waals surface area contributed by atoms with E-state index in [1.165, 1.54) is 0 Å². The number of hydrogen-bond donors (Lipinski definition) is 3. The van der Waals surface area contributed by atoms with Crippen molar-refractivity contribution in [2.24, 2.45) is 17.6 Å². The Morgan fingerprint density at radius 2 is 2.36 bits per heavy atom. The van der Waals surface area contributed by atoms with Gasteiger partial charge in [-0.3, -0.25) is 4.79 Å². The fourth-order valence-electron chi connectivity index (χ4n) is 1.84. The van der Waals surface area contributed by atoms with Gasteiger partial charge in [-0.05, 0) is 31.7 Å². The van der Waals surface area contributed by atoms with Gasteiger partial charge in [0.1, 0.15) is 0 Å². The van der Waals surface area contributed by atoms with Crippen molar-refractivity contribution in [2.45, 2.75) is 32.3 Å². The predicted molar refractivity (Wildman–Crippen MR) is 54.6 cm³/mol.